The maximum absolute atomic E-state index is 5.58. The molecule has 0 aromatic rings. The molecule has 0 bridgehead atoms. The van der Waals surface area contributed by atoms with Crippen molar-refractivity contribution < 1.29 is 0 Å². The van der Waals surface area contributed by atoms with Crippen LogP contribution in [-0.4, -0.2) is 0 Å². The van der Waals surface area contributed by atoms with Crippen molar-refractivity contribution in [2.75, 3.05) is 0 Å². The zero-order valence-electron chi connectivity index (χ0n) is 7.97. The van der Waals surface area contributed by atoms with Crippen LogP contribution in [0.2, 0.25) is 0 Å². The Morgan fingerprint density at radius 2 is 2.08 bits per heavy atom. The summed E-state index contributed by atoms with van der Waals surface area (Å²) in [6.45, 7) is 9.84. The van der Waals surface area contributed by atoms with E-state index in [9.17, 15) is 0 Å². The first-order valence-corrected chi connectivity index (χ1v) is 4.74. The van der Waals surface area contributed by atoms with E-state index in [2.05, 4.69) is 20.1 Å². The Hall–Kier alpha value is -0.720. The van der Waals surface area contributed by atoms with Gasteiger partial charge >= 0.3 is 0 Å². The molecule has 1 aliphatic carbocycles. The van der Waals surface area contributed by atoms with E-state index in [-0.39, 0.29) is 0 Å². The van der Waals surface area contributed by atoms with Crippen LogP contribution in [0.1, 0.15) is 32.6 Å². The van der Waals surface area contributed by atoms with Crippen LogP contribution in [0, 0.1) is 11.8 Å². The monoisotopic (exact) mass is 165 g/mol. The fourth-order valence-corrected chi connectivity index (χ4v) is 1.69. The molecule has 0 amide bonds. The van der Waals surface area contributed by atoms with Gasteiger partial charge in [-0.2, -0.15) is 0 Å². The largest absolute Gasteiger partial charge is 0.399 e. The minimum Gasteiger partial charge on any atom is -0.399 e. The number of allylic oxidation sites excluding steroid dienone is 1. The Morgan fingerprint density at radius 3 is 2.42 bits per heavy atom. The number of rotatable bonds is 4. The fourth-order valence-electron chi connectivity index (χ4n) is 1.69. The Kier molecular flexibility index (Phi) is 2.96. The molecular formula is C11H19N. The first kappa shape index (κ1) is 9.37. The molecule has 1 heteroatoms. The highest BCUT2D eigenvalue weighted by Gasteiger charge is 2.21. The Morgan fingerprint density at radius 1 is 1.50 bits per heavy atom. The summed E-state index contributed by atoms with van der Waals surface area (Å²) in [4.78, 5) is 0. The van der Waals surface area contributed by atoms with Crippen LogP contribution in [0.25, 0.3) is 0 Å². The van der Waals surface area contributed by atoms with Gasteiger partial charge in [-0.3, -0.25) is 0 Å². The third-order valence-electron chi connectivity index (χ3n) is 2.92. The molecular weight excluding hydrogens is 146 g/mol. The molecule has 2 N–H and O–H groups in total. The van der Waals surface area contributed by atoms with Crippen molar-refractivity contribution in [3.8, 4) is 0 Å². The van der Waals surface area contributed by atoms with Crippen LogP contribution in [-0.2, 0) is 0 Å². The van der Waals surface area contributed by atoms with Crippen molar-refractivity contribution in [1.82, 2.24) is 0 Å². The lowest BCUT2D eigenvalue weighted by atomic mass is 9.77. The van der Waals surface area contributed by atoms with Crippen LogP contribution < -0.4 is 5.73 Å². The highest BCUT2D eigenvalue weighted by Crippen LogP contribution is 2.34. The summed E-state index contributed by atoms with van der Waals surface area (Å²) < 4.78 is 0. The van der Waals surface area contributed by atoms with E-state index in [0.717, 1.165) is 11.5 Å². The molecule has 1 atom stereocenters. The van der Waals surface area contributed by atoms with E-state index in [0.29, 0.717) is 11.6 Å². The molecule has 0 aliphatic heterocycles. The molecule has 0 saturated heterocycles. The van der Waals surface area contributed by atoms with Crippen molar-refractivity contribution >= 4 is 0 Å². The highest BCUT2D eigenvalue weighted by molar-refractivity contribution is 5.23. The quantitative estimate of drug-likeness (QED) is 0.637. The molecule has 0 aromatic heterocycles. The summed E-state index contributed by atoms with van der Waals surface area (Å²) >= 11 is 0. The normalized spacial score (nSPS) is 19.8. The standard InChI is InChI=1S/C11H19N/c1-8(9(2)10(3)12)7-11-5-4-6-11/h8,11H,2-7,12H2,1H3. The molecule has 1 aliphatic rings. The van der Waals surface area contributed by atoms with Crippen molar-refractivity contribution in [1.29, 1.82) is 0 Å². The van der Waals surface area contributed by atoms with Gasteiger partial charge in [0.1, 0.15) is 0 Å². The maximum atomic E-state index is 5.58. The summed E-state index contributed by atoms with van der Waals surface area (Å²) in [5, 5.41) is 0. The second-order valence-corrected chi connectivity index (χ2v) is 3.98. The van der Waals surface area contributed by atoms with Gasteiger partial charge in [0.05, 0.1) is 0 Å². The van der Waals surface area contributed by atoms with Gasteiger partial charge in [-0.1, -0.05) is 39.3 Å². The van der Waals surface area contributed by atoms with Gasteiger partial charge in [-0.05, 0) is 23.8 Å². The fraction of sp³-hybridized carbons (Fsp3) is 0.636. The van der Waals surface area contributed by atoms with Crippen LogP contribution in [0.15, 0.2) is 24.4 Å². The zero-order valence-corrected chi connectivity index (χ0v) is 7.97. The Labute approximate surface area is 75.3 Å². The Balaban J connectivity index is 2.31. The van der Waals surface area contributed by atoms with Gasteiger partial charge < -0.3 is 5.73 Å². The van der Waals surface area contributed by atoms with E-state index >= 15 is 0 Å². The van der Waals surface area contributed by atoms with Crippen LogP contribution >= 0.6 is 0 Å². The molecule has 1 unspecified atom stereocenters. The lowest BCUT2D eigenvalue weighted by Crippen LogP contribution is -2.17. The second kappa shape index (κ2) is 3.79. The highest BCUT2D eigenvalue weighted by atomic mass is 14.6. The zero-order chi connectivity index (χ0) is 9.14. The van der Waals surface area contributed by atoms with Gasteiger partial charge in [-0.15, -0.1) is 0 Å². The molecule has 1 fully saturated rings. The van der Waals surface area contributed by atoms with Crippen molar-refractivity contribution in [3.05, 3.63) is 24.4 Å². The van der Waals surface area contributed by atoms with Gasteiger partial charge in [0, 0.05) is 5.70 Å². The minimum atomic E-state index is 0.521. The first-order valence-electron chi connectivity index (χ1n) is 4.74. The summed E-state index contributed by atoms with van der Waals surface area (Å²) in [7, 11) is 0. The first-order chi connectivity index (χ1) is 5.61. The maximum Gasteiger partial charge on any atom is 0.0270 e. The topological polar surface area (TPSA) is 26.0 Å². The number of nitrogens with two attached hydrogens (primary N) is 1. The smallest absolute Gasteiger partial charge is 0.0270 e. The second-order valence-electron chi connectivity index (χ2n) is 3.98. The minimum absolute atomic E-state index is 0.521. The van der Waals surface area contributed by atoms with E-state index in [1.54, 1.807) is 0 Å². The van der Waals surface area contributed by atoms with E-state index in [1.807, 2.05) is 0 Å². The third-order valence-corrected chi connectivity index (χ3v) is 2.92. The van der Waals surface area contributed by atoms with Gasteiger partial charge in [0.15, 0.2) is 0 Å². The van der Waals surface area contributed by atoms with E-state index < -0.39 is 0 Å². The van der Waals surface area contributed by atoms with Gasteiger partial charge in [0.25, 0.3) is 0 Å². The van der Waals surface area contributed by atoms with Crippen LogP contribution in [0.5, 0.6) is 0 Å². The molecule has 1 rings (SSSR count). The lowest BCUT2D eigenvalue weighted by molar-refractivity contribution is 0.270. The van der Waals surface area contributed by atoms with Crippen molar-refractivity contribution in [2.45, 2.75) is 32.6 Å². The molecule has 0 aromatic carbocycles. The molecule has 1 nitrogen and oxygen atoms in total. The summed E-state index contributed by atoms with van der Waals surface area (Å²) in [5.74, 6) is 1.45. The van der Waals surface area contributed by atoms with Crippen molar-refractivity contribution in [3.63, 3.8) is 0 Å². The predicted molar refractivity (Wildman–Crippen MR) is 53.6 cm³/mol. The SMILES string of the molecule is C=C(N)C(=C)C(C)CC1CCC1. The summed E-state index contributed by atoms with van der Waals surface area (Å²) in [6.07, 6.45) is 5.45. The average Bonchev–Trinajstić information content (AvgIpc) is 1.94. The van der Waals surface area contributed by atoms with Crippen LogP contribution in [0.4, 0.5) is 0 Å². The van der Waals surface area contributed by atoms with E-state index in [4.69, 9.17) is 5.73 Å². The third kappa shape index (κ3) is 2.13. The molecule has 12 heavy (non-hydrogen) atoms. The predicted octanol–water partition coefficient (Wildman–Crippen LogP) is 2.84. The van der Waals surface area contributed by atoms with Crippen LogP contribution in [0.3, 0.4) is 0 Å². The van der Waals surface area contributed by atoms with Crippen molar-refractivity contribution in [2.24, 2.45) is 17.6 Å². The number of hydrogen-bond donors (Lipinski definition) is 1. The van der Waals surface area contributed by atoms with E-state index in [1.165, 1.54) is 25.7 Å². The van der Waals surface area contributed by atoms with Gasteiger partial charge in [0.2, 0.25) is 0 Å². The molecule has 0 heterocycles. The molecule has 0 spiro atoms. The molecule has 0 radical (unpaired) electrons. The average molecular weight is 165 g/mol. The lowest BCUT2D eigenvalue weighted by Gasteiger charge is -2.28. The number of hydrogen-bond acceptors (Lipinski definition) is 1. The Bertz CT molecular complexity index is 189. The molecule has 1 saturated carbocycles. The molecule has 68 valence electrons. The summed E-state index contributed by atoms with van der Waals surface area (Å²) in [6, 6.07) is 0. The van der Waals surface area contributed by atoms with Gasteiger partial charge in [-0.25, -0.2) is 0 Å². The summed E-state index contributed by atoms with van der Waals surface area (Å²) in [5.41, 5.74) is 7.26.